The molecule has 3 nitrogen and oxygen atoms in total. The Labute approximate surface area is 155 Å². The van der Waals surface area contributed by atoms with Gasteiger partial charge in [-0.3, -0.25) is 0 Å². The summed E-state index contributed by atoms with van der Waals surface area (Å²) in [6, 6.07) is 9.31. The van der Waals surface area contributed by atoms with Crippen molar-refractivity contribution < 1.29 is 13.9 Å². The molecule has 1 aliphatic carbocycles. The lowest BCUT2D eigenvalue weighted by Gasteiger charge is -2.37. The van der Waals surface area contributed by atoms with Crippen molar-refractivity contribution in [3.05, 3.63) is 63.9 Å². The number of halogens is 2. The van der Waals surface area contributed by atoms with Crippen LogP contribution in [0.5, 0.6) is 11.5 Å². The van der Waals surface area contributed by atoms with Gasteiger partial charge in [-0.25, -0.2) is 4.39 Å². The fourth-order valence-corrected chi connectivity index (χ4v) is 4.65. The van der Waals surface area contributed by atoms with E-state index in [0.717, 1.165) is 22.0 Å². The van der Waals surface area contributed by atoms with E-state index in [0.29, 0.717) is 23.1 Å². The van der Waals surface area contributed by atoms with Crippen molar-refractivity contribution in [2.45, 2.75) is 18.4 Å². The maximum atomic E-state index is 14.4. The summed E-state index contributed by atoms with van der Waals surface area (Å²) in [5.74, 6) is 1.69. The zero-order valence-electron chi connectivity index (χ0n) is 14.1. The zero-order chi connectivity index (χ0) is 17.6. The second-order valence-electron chi connectivity index (χ2n) is 6.42. The summed E-state index contributed by atoms with van der Waals surface area (Å²) in [6.45, 7) is 0. The Morgan fingerprint density at radius 3 is 2.80 bits per heavy atom. The largest absolute Gasteiger partial charge is 0.493 e. The molecule has 3 atom stereocenters. The van der Waals surface area contributed by atoms with E-state index in [2.05, 4.69) is 33.4 Å². The minimum atomic E-state index is -0.208. The molecule has 2 aromatic rings. The normalized spacial score (nSPS) is 23.6. The highest BCUT2D eigenvalue weighted by Gasteiger charge is 2.39. The lowest BCUT2D eigenvalue weighted by Crippen LogP contribution is -2.29. The minimum Gasteiger partial charge on any atom is -0.493 e. The molecule has 1 N–H and O–H groups in total. The number of benzene rings is 2. The second-order valence-corrected chi connectivity index (χ2v) is 7.27. The predicted octanol–water partition coefficient (Wildman–Crippen LogP) is 5.43. The van der Waals surface area contributed by atoms with Gasteiger partial charge >= 0.3 is 0 Å². The smallest absolute Gasteiger partial charge is 0.174 e. The molecule has 4 rings (SSSR count). The van der Waals surface area contributed by atoms with Gasteiger partial charge in [-0.15, -0.1) is 0 Å². The van der Waals surface area contributed by atoms with Crippen molar-refractivity contribution in [1.29, 1.82) is 0 Å². The number of ether oxygens (including phenoxy) is 2. The highest BCUT2D eigenvalue weighted by Crippen LogP contribution is 2.51. The fraction of sp³-hybridized carbons (Fsp3) is 0.300. The highest BCUT2D eigenvalue weighted by molar-refractivity contribution is 9.10. The molecule has 0 saturated carbocycles. The van der Waals surface area contributed by atoms with E-state index in [1.165, 1.54) is 6.07 Å². The monoisotopic (exact) mass is 403 g/mol. The Hall–Kier alpha value is -2.01. The number of hydrogen-bond donors (Lipinski definition) is 1. The van der Waals surface area contributed by atoms with Crippen LogP contribution in [0, 0.1) is 11.7 Å². The van der Waals surface area contributed by atoms with Gasteiger partial charge in [-0.2, -0.15) is 0 Å². The van der Waals surface area contributed by atoms with E-state index in [1.54, 1.807) is 20.3 Å². The maximum absolute atomic E-state index is 14.4. The van der Waals surface area contributed by atoms with Crippen molar-refractivity contribution in [2.24, 2.45) is 5.92 Å². The lowest BCUT2D eigenvalue weighted by molar-refractivity contribution is 0.351. The number of allylic oxidation sites excluding steroid dienone is 2. The molecule has 1 aliphatic heterocycles. The molecule has 1 heterocycles. The van der Waals surface area contributed by atoms with Crippen molar-refractivity contribution in [1.82, 2.24) is 0 Å². The first kappa shape index (κ1) is 16.5. The van der Waals surface area contributed by atoms with Crippen LogP contribution in [0.4, 0.5) is 10.1 Å². The number of fused-ring (bicyclic) bond motifs is 3. The van der Waals surface area contributed by atoms with Crippen LogP contribution in [0.15, 0.2) is 47.0 Å². The van der Waals surface area contributed by atoms with Crippen LogP contribution in [-0.2, 0) is 0 Å². The van der Waals surface area contributed by atoms with Crippen molar-refractivity contribution >= 4 is 21.6 Å². The molecular formula is C20H19BrFNO2. The van der Waals surface area contributed by atoms with Crippen LogP contribution in [0.25, 0.3) is 0 Å². The highest BCUT2D eigenvalue weighted by atomic mass is 79.9. The molecule has 0 amide bonds. The molecule has 0 unspecified atom stereocenters. The van der Waals surface area contributed by atoms with Crippen molar-refractivity contribution in [3.63, 3.8) is 0 Å². The van der Waals surface area contributed by atoms with Crippen LogP contribution >= 0.6 is 15.9 Å². The summed E-state index contributed by atoms with van der Waals surface area (Å²) in [6.07, 6.45) is 5.36. The third-order valence-electron chi connectivity index (χ3n) is 5.16. The van der Waals surface area contributed by atoms with Crippen LogP contribution in [0.3, 0.4) is 0 Å². The molecule has 2 aromatic carbocycles. The predicted molar refractivity (Wildman–Crippen MR) is 100.0 cm³/mol. The molecule has 25 heavy (non-hydrogen) atoms. The van der Waals surface area contributed by atoms with E-state index >= 15 is 0 Å². The molecule has 130 valence electrons. The SMILES string of the molecule is COc1cc([C@@H]2Nc3c(F)cccc3[C@H]3C=CC[C@@H]32)cc(Br)c1OC. The Balaban J connectivity index is 1.82. The van der Waals surface area contributed by atoms with E-state index in [1.807, 2.05) is 18.2 Å². The van der Waals surface area contributed by atoms with Gasteiger partial charge in [0.1, 0.15) is 5.82 Å². The summed E-state index contributed by atoms with van der Waals surface area (Å²) in [5.41, 5.74) is 2.69. The van der Waals surface area contributed by atoms with E-state index in [-0.39, 0.29) is 17.8 Å². The number of rotatable bonds is 3. The van der Waals surface area contributed by atoms with E-state index in [9.17, 15) is 4.39 Å². The number of hydrogen-bond acceptors (Lipinski definition) is 3. The summed E-state index contributed by atoms with van der Waals surface area (Å²) in [5, 5.41) is 3.44. The Morgan fingerprint density at radius 2 is 2.04 bits per heavy atom. The summed E-state index contributed by atoms with van der Waals surface area (Å²) < 4.78 is 26.1. The topological polar surface area (TPSA) is 30.5 Å². The van der Waals surface area contributed by atoms with Crippen LogP contribution in [0.1, 0.15) is 29.5 Å². The van der Waals surface area contributed by atoms with E-state index < -0.39 is 0 Å². The molecule has 0 aromatic heterocycles. The van der Waals surface area contributed by atoms with Crippen molar-refractivity contribution in [3.8, 4) is 11.5 Å². The first-order valence-corrected chi connectivity index (χ1v) is 9.06. The van der Waals surface area contributed by atoms with Gasteiger partial charge in [0.2, 0.25) is 0 Å². The molecule has 2 aliphatic rings. The zero-order valence-corrected chi connectivity index (χ0v) is 15.6. The molecule has 5 heteroatoms. The van der Waals surface area contributed by atoms with Gasteiger partial charge < -0.3 is 14.8 Å². The van der Waals surface area contributed by atoms with Gasteiger partial charge in [0.15, 0.2) is 11.5 Å². The maximum Gasteiger partial charge on any atom is 0.174 e. The lowest BCUT2D eigenvalue weighted by atomic mass is 9.77. The molecular weight excluding hydrogens is 385 g/mol. The van der Waals surface area contributed by atoms with Gasteiger partial charge in [0.25, 0.3) is 0 Å². The van der Waals surface area contributed by atoms with Gasteiger partial charge in [0.05, 0.1) is 30.4 Å². The molecule has 0 bridgehead atoms. The third-order valence-corrected chi connectivity index (χ3v) is 5.75. The first-order valence-electron chi connectivity index (χ1n) is 8.27. The summed E-state index contributed by atoms with van der Waals surface area (Å²) >= 11 is 3.56. The standard InChI is InChI=1S/C20H19BrFNO2/c1-24-17-10-11(9-15(21)20(17)25-2)18-13-6-3-5-12(13)14-7-4-8-16(22)19(14)23-18/h3-5,7-10,12-13,18,23H,6H2,1-2H3/t12-,13-,18-/m0/s1. The molecule has 0 radical (unpaired) electrons. The number of nitrogens with one attached hydrogen (secondary N) is 1. The molecule has 0 spiro atoms. The average molecular weight is 404 g/mol. The number of anilines is 1. The third kappa shape index (κ3) is 2.61. The quantitative estimate of drug-likeness (QED) is 0.692. The van der Waals surface area contributed by atoms with E-state index in [4.69, 9.17) is 9.47 Å². The van der Waals surface area contributed by atoms with Crippen molar-refractivity contribution in [2.75, 3.05) is 19.5 Å². The minimum absolute atomic E-state index is 0.000469. The van der Waals surface area contributed by atoms with Gasteiger partial charge in [-0.05, 0) is 57.6 Å². The Kier molecular flexibility index (Phi) is 4.20. The number of methoxy groups -OCH3 is 2. The van der Waals surface area contributed by atoms with Crippen LogP contribution in [-0.4, -0.2) is 14.2 Å². The molecule has 0 fully saturated rings. The Morgan fingerprint density at radius 1 is 1.20 bits per heavy atom. The van der Waals surface area contributed by atoms with Gasteiger partial charge in [-0.1, -0.05) is 24.3 Å². The van der Waals surface area contributed by atoms with Crippen LogP contribution in [0.2, 0.25) is 0 Å². The number of para-hydroxylation sites is 1. The first-order chi connectivity index (χ1) is 12.1. The fourth-order valence-electron chi connectivity index (χ4n) is 4.03. The Bertz CT molecular complexity index is 852. The van der Waals surface area contributed by atoms with Crippen LogP contribution < -0.4 is 14.8 Å². The summed E-state index contributed by atoms with van der Waals surface area (Å²) in [4.78, 5) is 0. The second kappa shape index (κ2) is 6.37. The average Bonchev–Trinajstić information content (AvgIpc) is 3.10. The molecule has 0 saturated heterocycles. The van der Waals surface area contributed by atoms with Gasteiger partial charge in [0, 0.05) is 5.92 Å². The summed E-state index contributed by atoms with van der Waals surface area (Å²) in [7, 11) is 3.24.